The quantitative estimate of drug-likeness (QED) is 0.415. The number of hydrogen-bond donors (Lipinski definition) is 1. The Morgan fingerprint density at radius 3 is 1.74 bits per heavy atom. The molecule has 0 aromatic carbocycles. The van der Waals surface area contributed by atoms with E-state index in [4.69, 9.17) is 14.2 Å². The van der Waals surface area contributed by atoms with E-state index in [-0.39, 0.29) is 0 Å². The lowest BCUT2D eigenvalue weighted by atomic mass is 9.91. The average Bonchev–Trinajstić information content (AvgIpc) is 2.42. The molecule has 0 aliphatic heterocycles. The van der Waals surface area contributed by atoms with Crippen LogP contribution in [0.1, 0.15) is 54.4 Å². The van der Waals surface area contributed by atoms with Crippen molar-refractivity contribution in [3.8, 4) is 0 Å². The van der Waals surface area contributed by atoms with Gasteiger partial charge in [0.15, 0.2) is 0 Å². The van der Waals surface area contributed by atoms with Crippen LogP contribution in [0.3, 0.4) is 0 Å². The largest absolute Gasteiger partial charge is 0.379 e. The lowest BCUT2D eigenvalue weighted by molar-refractivity contribution is -0.109. The van der Waals surface area contributed by atoms with Crippen molar-refractivity contribution < 1.29 is 19.0 Å². The summed E-state index contributed by atoms with van der Waals surface area (Å²) >= 11 is 0. The van der Waals surface area contributed by atoms with E-state index in [2.05, 4.69) is 46.9 Å². The lowest BCUT2D eigenvalue weighted by Gasteiger charge is -2.17. The summed E-state index contributed by atoms with van der Waals surface area (Å²) in [7, 11) is 0. The third kappa shape index (κ3) is 33.9. The van der Waals surface area contributed by atoms with Gasteiger partial charge in [0, 0.05) is 13.2 Å². The molecule has 5 heteroatoms. The van der Waals surface area contributed by atoms with E-state index in [1.54, 1.807) is 0 Å². The van der Waals surface area contributed by atoms with Gasteiger partial charge in [-0.05, 0) is 24.2 Å². The second-order valence-electron chi connectivity index (χ2n) is 7.31. The first kappa shape index (κ1) is 24.6. The Morgan fingerprint density at radius 1 is 0.870 bits per heavy atom. The maximum atomic E-state index is 9.94. The van der Waals surface area contributed by atoms with Crippen LogP contribution in [0.5, 0.6) is 0 Å². The fourth-order valence-corrected chi connectivity index (χ4v) is 1.44. The SMILES string of the molecule is CC(C)(C)CCCOCCOCCOCCNC=O.CC(C)C. The molecule has 23 heavy (non-hydrogen) atoms. The number of carbonyl (C=O) groups is 1. The van der Waals surface area contributed by atoms with Gasteiger partial charge in [0.2, 0.25) is 6.41 Å². The van der Waals surface area contributed by atoms with E-state index in [0.717, 1.165) is 18.9 Å². The van der Waals surface area contributed by atoms with Crippen molar-refractivity contribution in [2.45, 2.75) is 54.4 Å². The molecule has 5 nitrogen and oxygen atoms in total. The summed E-state index contributed by atoms with van der Waals surface area (Å²) < 4.78 is 16.1. The Labute approximate surface area is 143 Å². The zero-order valence-electron chi connectivity index (χ0n) is 16.2. The lowest BCUT2D eigenvalue weighted by Crippen LogP contribution is -2.19. The van der Waals surface area contributed by atoms with Crippen molar-refractivity contribution in [1.82, 2.24) is 5.32 Å². The van der Waals surface area contributed by atoms with Crippen molar-refractivity contribution in [2.24, 2.45) is 11.3 Å². The van der Waals surface area contributed by atoms with E-state index >= 15 is 0 Å². The monoisotopic (exact) mass is 333 g/mol. The van der Waals surface area contributed by atoms with E-state index in [0.29, 0.717) is 51.4 Å². The first-order valence-electron chi connectivity index (χ1n) is 8.70. The third-order valence-electron chi connectivity index (χ3n) is 2.43. The molecular formula is C18H39NO4. The van der Waals surface area contributed by atoms with Gasteiger partial charge in [-0.2, -0.15) is 0 Å². The molecule has 0 bridgehead atoms. The van der Waals surface area contributed by atoms with Crippen molar-refractivity contribution in [3.63, 3.8) is 0 Å². The van der Waals surface area contributed by atoms with Crippen LogP contribution in [-0.4, -0.2) is 52.6 Å². The van der Waals surface area contributed by atoms with Gasteiger partial charge in [-0.15, -0.1) is 0 Å². The second-order valence-corrected chi connectivity index (χ2v) is 7.31. The van der Waals surface area contributed by atoms with Gasteiger partial charge < -0.3 is 19.5 Å². The van der Waals surface area contributed by atoms with Gasteiger partial charge in [0.1, 0.15) is 0 Å². The number of carbonyl (C=O) groups excluding carboxylic acids is 1. The smallest absolute Gasteiger partial charge is 0.207 e. The fourth-order valence-electron chi connectivity index (χ4n) is 1.44. The van der Waals surface area contributed by atoms with Gasteiger partial charge in [-0.1, -0.05) is 41.5 Å². The van der Waals surface area contributed by atoms with Crippen LogP contribution in [0.15, 0.2) is 0 Å². The van der Waals surface area contributed by atoms with Crippen molar-refractivity contribution in [3.05, 3.63) is 0 Å². The Morgan fingerprint density at radius 2 is 1.30 bits per heavy atom. The molecule has 0 aliphatic rings. The van der Waals surface area contributed by atoms with Crippen LogP contribution in [0, 0.1) is 11.3 Å². The molecular weight excluding hydrogens is 294 g/mol. The summed E-state index contributed by atoms with van der Waals surface area (Å²) in [4.78, 5) is 9.94. The van der Waals surface area contributed by atoms with Crippen molar-refractivity contribution >= 4 is 6.41 Å². The summed E-state index contributed by atoms with van der Waals surface area (Å²) in [5.74, 6) is 0.833. The van der Waals surface area contributed by atoms with Crippen molar-refractivity contribution in [1.29, 1.82) is 0 Å². The van der Waals surface area contributed by atoms with Crippen LogP contribution in [0.4, 0.5) is 0 Å². The molecule has 0 fully saturated rings. The van der Waals surface area contributed by atoms with Crippen LogP contribution < -0.4 is 5.32 Å². The van der Waals surface area contributed by atoms with Gasteiger partial charge in [-0.25, -0.2) is 0 Å². The highest BCUT2D eigenvalue weighted by molar-refractivity contribution is 5.45. The molecule has 140 valence electrons. The molecule has 0 saturated heterocycles. The standard InChI is InChI=1S/C14H29NO4.C4H10/c1-14(2,3)5-4-7-17-9-11-19-12-10-18-8-6-15-13-16;1-4(2)3/h13H,4-12H2,1-3H3,(H,15,16);4H,1-3H3. The number of amides is 1. The van der Waals surface area contributed by atoms with E-state index in [1.165, 1.54) is 6.42 Å². The average molecular weight is 334 g/mol. The molecule has 0 spiro atoms. The van der Waals surface area contributed by atoms with Crippen LogP contribution in [0.25, 0.3) is 0 Å². The Bertz CT molecular complexity index is 237. The molecule has 0 aliphatic carbocycles. The van der Waals surface area contributed by atoms with Gasteiger partial charge in [-0.3, -0.25) is 4.79 Å². The van der Waals surface area contributed by atoms with Gasteiger partial charge >= 0.3 is 0 Å². The topological polar surface area (TPSA) is 56.8 Å². The summed E-state index contributed by atoms with van der Waals surface area (Å²) in [6.07, 6.45) is 2.93. The predicted octanol–water partition coefficient (Wildman–Crippen LogP) is 3.27. The molecule has 1 amide bonds. The van der Waals surface area contributed by atoms with Crippen LogP contribution in [-0.2, 0) is 19.0 Å². The molecule has 0 aromatic heterocycles. The maximum Gasteiger partial charge on any atom is 0.207 e. The minimum Gasteiger partial charge on any atom is -0.379 e. The van der Waals surface area contributed by atoms with E-state index in [9.17, 15) is 4.79 Å². The van der Waals surface area contributed by atoms with Crippen LogP contribution in [0.2, 0.25) is 0 Å². The minimum atomic E-state index is 0.385. The van der Waals surface area contributed by atoms with Crippen molar-refractivity contribution in [2.75, 3.05) is 46.2 Å². The first-order valence-corrected chi connectivity index (χ1v) is 8.70. The zero-order chi connectivity index (χ0) is 18.0. The fraction of sp³-hybridized carbons (Fsp3) is 0.944. The van der Waals surface area contributed by atoms with Gasteiger partial charge in [0.25, 0.3) is 0 Å². The van der Waals surface area contributed by atoms with Crippen LogP contribution >= 0.6 is 0 Å². The van der Waals surface area contributed by atoms with E-state index in [1.807, 2.05) is 0 Å². The molecule has 0 radical (unpaired) electrons. The number of ether oxygens (including phenoxy) is 3. The number of nitrogens with one attached hydrogen (secondary N) is 1. The highest BCUT2D eigenvalue weighted by atomic mass is 16.5. The molecule has 1 N–H and O–H groups in total. The Balaban J connectivity index is 0. The second kappa shape index (κ2) is 17.7. The minimum absolute atomic E-state index is 0.385. The summed E-state index contributed by atoms with van der Waals surface area (Å²) in [5.41, 5.74) is 0.385. The predicted molar refractivity (Wildman–Crippen MR) is 95.7 cm³/mol. The number of rotatable bonds is 13. The highest BCUT2D eigenvalue weighted by Gasteiger charge is 2.08. The molecule has 0 unspecified atom stereocenters. The molecule has 0 saturated carbocycles. The first-order chi connectivity index (χ1) is 10.8. The molecule has 0 aromatic rings. The highest BCUT2D eigenvalue weighted by Crippen LogP contribution is 2.20. The molecule has 0 heterocycles. The summed E-state index contributed by atoms with van der Waals surface area (Å²) in [5, 5.41) is 2.52. The van der Waals surface area contributed by atoms with Gasteiger partial charge in [0.05, 0.1) is 33.0 Å². The third-order valence-corrected chi connectivity index (χ3v) is 2.43. The normalized spacial score (nSPS) is 11.1. The Hall–Kier alpha value is -0.650. The summed E-state index contributed by atoms with van der Waals surface area (Å²) in [6, 6.07) is 0. The number of hydrogen-bond acceptors (Lipinski definition) is 4. The zero-order valence-corrected chi connectivity index (χ0v) is 16.2. The maximum absolute atomic E-state index is 9.94. The van der Waals surface area contributed by atoms with E-state index < -0.39 is 0 Å². The summed E-state index contributed by atoms with van der Waals surface area (Å²) in [6.45, 7) is 17.4. The molecule has 0 atom stereocenters. The Kier molecular flexibility index (Phi) is 18.9. The molecule has 0 rings (SSSR count).